The summed E-state index contributed by atoms with van der Waals surface area (Å²) in [5.74, 6) is -0.436. The lowest BCUT2D eigenvalue weighted by molar-refractivity contribution is -0.157. The van der Waals surface area contributed by atoms with Gasteiger partial charge in [-0.05, 0) is 37.0 Å². The average molecular weight is 496 g/mol. The molecule has 0 bridgehead atoms. The molecule has 3 unspecified atom stereocenters. The molecule has 2 aliphatic heterocycles. The fraction of sp³-hybridized carbons (Fsp3) is 0.423. The van der Waals surface area contributed by atoms with Crippen molar-refractivity contribution in [3.05, 3.63) is 70.2 Å². The summed E-state index contributed by atoms with van der Waals surface area (Å²) in [6.07, 6.45) is 2.95. The number of halogens is 1. The van der Waals surface area contributed by atoms with E-state index in [2.05, 4.69) is 10.7 Å². The normalized spacial score (nSPS) is 23.8. The molecular weight excluding hydrogens is 466 g/mol. The van der Waals surface area contributed by atoms with Crippen molar-refractivity contribution in [1.29, 1.82) is 0 Å². The molecule has 8 nitrogen and oxygen atoms in total. The Morgan fingerprint density at radius 1 is 1.09 bits per heavy atom. The third-order valence-corrected chi connectivity index (χ3v) is 7.55. The van der Waals surface area contributed by atoms with Crippen molar-refractivity contribution in [2.45, 2.75) is 58.0 Å². The molecule has 3 aliphatic rings. The minimum atomic E-state index is -0.605. The molecule has 0 aromatic heterocycles. The van der Waals surface area contributed by atoms with Crippen LogP contribution in [-0.2, 0) is 22.7 Å². The number of urea groups is 1. The second-order valence-corrected chi connectivity index (χ2v) is 9.96. The summed E-state index contributed by atoms with van der Waals surface area (Å²) in [5.41, 5.74) is 6.11. The number of fused-ring (bicyclic) bond motifs is 3. The van der Waals surface area contributed by atoms with Gasteiger partial charge in [-0.25, -0.2) is 9.80 Å². The first-order chi connectivity index (χ1) is 16.9. The number of amides is 4. The van der Waals surface area contributed by atoms with Crippen LogP contribution in [0.5, 0.6) is 0 Å². The molecular formula is C26H30ClN5O3. The Hall–Kier alpha value is -3.10. The van der Waals surface area contributed by atoms with Gasteiger partial charge in [0.05, 0.1) is 5.92 Å². The van der Waals surface area contributed by atoms with Gasteiger partial charge in [0.15, 0.2) is 6.29 Å². The Balaban J connectivity index is 1.32. The number of benzene rings is 2. The van der Waals surface area contributed by atoms with Gasteiger partial charge in [0, 0.05) is 24.2 Å². The van der Waals surface area contributed by atoms with Gasteiger partial charge >= 0.3 is 6.03 Å². The van der Waals surface area contributed by atoms with Gasteiger partial charge in [0.2, 0.25) is 11.8 Å². The first-order valence-electron chi connectivity index (χ1n) is 12.1. The van der Waals surface area contributed by atoms with Crippen LogP contribution in [-0.4, -0.2) is 51.5 Å². The fourth-order valence-electron chi connectivity index (χ4n) is 5.31. The van der Waals surface area contributed by atoms with Crippen molar-refractivity contribution in [2.24, 2.45) is 5.92 Å². The smallest absolute Gasteiger partial charge is 0.337 e. The van der Waals surface area contributed by atoms with Gasteiger partial charge < -0.3 is 10.2 Å². The minimum absolute atomic E-state index is 0.0712. The van der Waals surface area contributed by atoms with Crippen molar-refractivity contribution in [3.8, 4) is 0 Å². The first-order valence-corrected chi connectivity index (χ1v) is 12.5. The molecule has 2 saturated heterocycles. The number of carbonyl (C=O) groups excluding carboxylic acids is 3. The minimum Gasteiger partial charge on any atom is -0.350 e. The Bertz CT molecular complexity index is 1120. The molecule has 5 rings (SSSR count). The van der Waals surface area contributed by atoms with Crippen LogP contribution < -0.4 is 10.7 Å². The molecule has 1 saturated carbocycles. The highest BCUT2D eigenvalue weighted by Gasteiger charge is 2.54. The van der Waals surface area contributed by atoms with Gasteiger partial charge in [0.1, 0.15) is 6.54 Å². The van der Waals surface area contributed by atoms with Gasteiger partial charge in [-0.3, -0.25) is 14.5 Å². The maximum Gasteiger partial charge on any atom is 0.337 e. The summed E-state index contributed by atoms with van der Waals surface area (Å²) in [6.45, 7) is 2.54. The van der Waals surface area contributed by atoms with E-state index >= 15 is 0 Å². The third-order valence-electron chi connectivity index (χ3n) is 7.18. The van der Waals surface area contributed by atoms with Crippen LogP contribution in [0.1, 0.15) is 42.4 Å². The van der Waals surface area contributed by atoms with E-state index in [4.69, 9.17) is 11.6 Å². The Morgan fingerprint density at radius 3 is 2.60 bits per heavy atom. The standard InChI is InChI=1S/C26H30ClN5O3/c1-17-10-12-18(13-11-17)15-30-24(34)20-7-3-5-9-22(20)32-25(30)29-31(26(32)35)16-23(33)28-14-19-6-2-4-8-21(19)27/h2,4,6,8,10-13,20,22,25,29H,3,5,7,9,14-16H2,1H3,(H,28,33). The van der Waals surface area contributed by atoms with Gasteiger partial charge in [-0.1, -0.05) is 72.5 Å². The van der Waals surface area contributed by atoms with Crippen LogP contribution in [0.25, 0.3) is 0 Å². The highest BCUT2D eigenvalue weighted by Crippen LogP contribution is 2.38. The van der Waals surface area contributed by atoms with Crippen molar-refractivity contribution in [2.75, 3.05) is 6.54 Å². The van der Waals surface area contributed by atoms with Gasteiger partial charge in [-0.15, -0.1) is 0 Å². The molecule has 3 fully saturated rings. The summed E-state index contributed by atoms with van der Waals surface area (Å²) < 4.78 is 0. The van der Waals surface area contributed by atoms with E-state index in [1.54, 1.807) is 15.9 Å². The molecule has 3 atom stereocenters. The van der Waals surface area contributed by atoms with Crippen molar-refractivity contribution < 1.29 is 14.4 Å². The van der Waals surface area contributed by atoms with Crippen LogP contribution in [0, 0.1) is 12.8 Å². The van der Waals surface area contributed by atoms with Crippen LogP contribution in [0.4, 0.5) is 4.79 Å². The van der Waals surface area contributed by atoms with E-state index < -0.39 is 6.29 Å². The molecule has 35 heavy (non-hydrogen) atoms. The maximum absolute atomic E-state index is 13.5. The first kappa shape index (κ1) is 23.6. The summed E-state index contributed by atoms with van der Waals surface area (Å²) in [4.78, 5) is 43.2. The van der Waals surface area contributed by atoms with E-state index in [9.17, 15) is 14.4 Å². The lowest BCUT2D eigenvalue weighted by atomic mass is 9.81. The fourth-order valence-corrected chi connectivity index (χ4v) is 5.52. The Morgan fingerprint density at radius 2 is 1.83 bits per heavy atom. The lowest BCUT2D eigenvalue weighted by Crippen LogP contribution is -2.65. The zero-order valence-electron chi connectivity index (χ0n) is 19.7. The highest BCUT2D eigenvalue weighted by molar-refractivity contribution is 6.31. The summed E-state index contributed by atoms with van der Waals surface area (Å²) in [7, 11) is 0. The number of nitrogens with zero attached hydrogens (tertiary/aromatic N) is 3. The SMILES string of the molecule is Cc1ccc(CN2C(=O)C3CCCCC3N3C(=O)N(CC(=O)NCc4ccccc4Cl)NC23)cc1. The van der Waals surface area contributed by atoms with Crippen molar-refractivity contribution >= 4 is 29.4 Å². The van der Waals surface area contributed by atoms with Crippen molar-refractivity contribution in [1.82, 2.24) is 25.6 Å². The van der Waals surface area contributed by atoms with Crippen LogP contribution in [0.15, 0.2) is 48.5 Å². The molecule has 4 amide bonds. The topological polar surface area (TPSA) is 85.0 Å². The third kappa shape index (κ3) is 4.73. The average Bonchev–Trinajstić information content (AvgIpc) is 3.18. The monoisotopic (exact) mass is 495 g/mol. The summed E-state index contributed by atoms with van der Waals surface area (Å²) in [6, 6.07) is 15.0. The molecule has 0 radical (unpaired) electrons. The molecule has 9 heteroatoms. The molecule has 2 heterocycles. The van der Waals surface area contributed by atoms with Crippen LogP contribution in [0.3, 0.4) is 0 Å². The quantitative estimate of drug-likeness (QED) is 0.643. The zero-order valence-corrected chi connectivity index (χ0v) is 20.5. The molecule has 1 aliphatic carbocycles. The van der Waals surface area contributed by atoms with Gasteiger partial charge in [-0.2, -0.15) is 5.43 Å². The second kappa shape index (κ2) is 9.87. The van der Waals surface area contributed by atoms with Crippen molar-refractivity contribution in [3.63, 3.8) is 0 Å². The van der Waals surface area contributed by atoms with Crippen LogP contribution >= 0.6 is 11.6 Å². The predicted octanol–water partition coefficient (Wildman–Crippen LogP) is 3.39. The number of hydrazine groups is 1. The van der Waals surface area contributed by atoms with E-state index in [0.29, 0.717) is 11.6 Å². The molecule has 184 valence electrons. The Labute approximate surface area is 210 Å². The second-order valence-electron chi connectivity index (χ2n) is 9.56. The number of hydrogen-bond donors (Lipinski definition) is 2. The summed E-state index contributed by atoms with van der Waals surface area (Å²) in [5, 5.41) is 4.74. The van der Waals surface area contributed by atoms with E-state index in [1.807, 2.05) is 49.4 Å². The highest BCUT2D eigenvalue weighted by atomic mass is 35.5. The molecule has 2 aromatic carbocycles. The number of hydrogen-bond acceptors (Lipinski definition) is 4. The van der Waals surface area contributed by atoms with E-state index in [-0.39, 0.29) is 42.9 Å². The largest absolute Gasteiger partial charge is 0.350 e. The lowest BCUT2D eigenvalue weighted by Gasteiger charge is -2.48. The number of rotatable bonds is 6. The predicted molar refractivity (Wildman–Crippen MR) is 132 cm³/mol. The molecule has 2 aromatic rings. The molecule has 0 spiro atoms. The zero-order chi connectivity index (χ0) is 24.5. The molecule has 2 N–H and O–H groups in total. The van der Waals surface area contributed by atoms with E-state index in [1.165, 1.54) is 5.01 Å². The number of carbonyl (C=O) groups is 3. The Kier molecular flexibility index (Phi) is 6.67. The van der Waals surface area contributed by atoms with Crippen LogP contribution in [0.2, 0.25) is 5.02 Å². The maximum atomic E-state index is 13.5. The van der Waals surface area contributed by atoms with Gasteiger partial charge in [0.25, 0.3) is 0 Å². The number of aryl methyl sites for hydroxylation is 1. The number of nitrogens with one attached hydrogen (secondary N) is 2. The summed E-state index contributed by atoms with van der Waals surface area (Å²) >= 11 is 6.18. The van der Waals surface area contributed by atoms with E-state index in [0.717, 1.165) is 42.4 Å².